The number of carbonyl (C=O) groups is 2. The summed E-state index contributed by atoms with van der Waals surface area (Å²) in [6.07, 6.45) is 0. The van der Waals surface area contributed by atoms with E-state index in [1.807, 2.05) is 49.4 Å². The fraction of sp³-hybridized carbons (Fsp3) is 0.263. The summed E-state index contributed by atoms with van der Waals surface area (Å²) in [4.78, 5) is 24.3. The van der Waals surface area contributed by atoms with Gasteiger partial charge in [-0.05, 0) is 36.8 Å². The van der Waals surface area contributed by atoms with E-state index in [1.165, 1.54) is 0 Å². The molecule has 0 aromatic heterocycles. The average molecular weight is 323 g/mol. The molecule has 3 rings (SSSR count). The van der Waals surface area contributed by atoms with Crippen LogP contribution in [0, 0.1) is 5.92 Å². The molecule has 1 aliphatic heterocycles. The zero-order chi connectivity index (χ0) is 16.9. The van der Waals surface area contributed by atoms with E-state index in [0.717, 1.165) is 18.7 Å². The summed E-state index contributed by atoms with van der Waals surface area (Å²) in [6.45, 7) is 3.43. The Morgan fingerprint density at radius 3 is 2.50 bits per heavy atom. The van der Waals surface area contributed by atoms with Crippen molar-refractivity contribution in [2.45, 2.75) is 13.0 Å². The Bertz CT molecular complexity index is 726. The Kier molecular flexibility index (Phi) is 4.91. The monoisotopic (exact) mass is 323 g/mol. The van der Waals surface area contributed by atoms with Crippen molar-refractivity contribution in [2.24, 2.45) is 5.92 Å². The zero-order valence-corrected chi connectivity index (χ0v) is 13.6. The molecule has 1 fully saturated rings. The Morgan fingerprint density at radius 1 is 1.08 bits per heavy atom. The lowest BCUT2D eigenvalue weighted by Gasteiger charge is -2.27. The van der Waals surface area contributed by atoms with Crippen LogP contribution in [0.4, 0.5) is 5.69 Å². The minimum atomic E-state index is -0.148. The number of rotatable bonds is 5. The van der Waals surface area contributed by atoms with E-state index in [4.69, 9.17) is 0 Å². The minimum Gasteiger partial charge on any atom is -0.349 e. The predicted molar refractivity (Wildman–Crippen MR) is 93.8 cm³/mol. The van der Waals surface area contributed by atoms with Gasteiger partial charge < -0.3 is 16.0 Å². The van der Waals surface area contributed by atoms with E-state index < -0.39 is 0 Å². The smallest absolute Gasteiger partial charge is 0.255 e. The first-order chi connectivity index (χ1) is 11.6. The highest BCUT2D eigenvalue weighted by molar-refractivity contribution is 6.04. The van der Waals surface area contributed by atoms with Crippen LogP contribution in [0.5, 0.6) is 0 Å². The molecule has 3 N–H and O–H groups in total. The quantitative estimate of drug-likeness (QED) is 0.791. The number of benzene rings is 2. The summed E-state index contributed by atoms with van der Waals surface area (Å²) in [7, 11) is 0. The molecule has 1 unspecified atom stereocenters. The highest BCUT2D eigenvalue weighted by atomic mass is 16.2. The molecule has 1 aliphatic rings. The molecule has 5 nitrogen and oxygen atoms in total. The molecule has 1 heterocycles. The molecular weight excluding hydrogens is 302 g/mol. The molecule has 124 valence electrons. The number of hydrogen-bond donors (Lipinski definition) is 3. The van der Waals surface area contributed by atoms with E-state index in [-0.39, 0.29) is 23.8 Å². The van der Waals surface area contributed by atoms with E-state index in [1.54, 1.807) is 12.1 Å². The van der Waals surface area contributed by atoms with Gasteiger partial charge in [-0.1, -0.05) is 30.3 Å². The first-order valence-corrected chi connectivity index (χ1v) is 8.11. The van der Waals surface area contributed by atoms with Gasteiger partial charge in [0.2, 0.25) is 5.91 Å². The van der Waals surface area contributed by atoms with E-state index in [9.17, 15) is 9.59 Å². The van der Waals surface area contributed by atoms with Gasteiger partial charge in [0, 0.05) is 24.3 Å². The number of nitrogens with one attached hydrogen (secondary N) is 3. The van der Waals surface area contributed by atoms with Crippen molar-refractivity contribution < 1.29 is 9.59 Å². The molecule has 0 radical (unpaired) electrons. The van der Waals surface area contributed by atoms with Gasteiger partial charge in [0.05, 0.1) is 12.0 Å². The van der Waals surface area contributed by atoms with Crippen LogP contribution in [0.25, 0.3) is 0 Å². The van der Waals surface area contributed by atoms with E-state index in [0.29, 0.717) is 11.3 Å². The van der Waals surface area contributed by atoms with Crippen molar-refractivity contribution in [2.75, 3.05) is 18.4 Å². The number of hydrogen-bond acceptors (Lipinski definition) is 3. The Labute approximate surface area is 141 Å². The van der Waals surface area contributed by atoms with Crippen molar-refractivity contribution in [1.82, 2.24) is 10.6 Å². The second kappa shape index (κ2) is 7.27. The molecule has 1 atom stereocenters. The van der Waals surface area contributed by atoms with Gasteiger partial charge >= 0.3 is 0 Å². The summed E-state index contributed by atoms with van der Waals surface area (Å²) < 4.78 is 0. The third-order valence-corrected chi connectivity index (χ3v) is 4.19. The zero-order valence-electron chi connectivity index (χ0n) is 13.6. The van der Waals surface area contributed by atoms with Gasteiger partial charge in [-0.2, -0.15) is 0 Å². The van der Waals surface area contributed by atoms with Crippen molar-refractivity contribution in [3.63, 3.8) is 0 Å². The lowest BCUT2D eigenvalue weighted by molar-refractivity contribution is -0.127. The van der Waals surface area contributed by atoms with Gasteiger partial charge in [0.1, 0.15) is 0 Å². The maximum atomic E-state index is 12.2. The van der Waals surface area contributed by atoms with Crippen molar-refractivity contribution in [3.05, 3.63) is 65.7 Å². The molecule has 0 saturated carbocycles. The van der Waals surface area contributed by atoms with Crippen LogP contribution in [0.3, 0.4) is 0 Å². The molecular formula is C19H21N3O2. The lowest BCUT2D eigenvalue weighted by atomic mass is 10.0. The predicted octanol–water partition coefficient (Wildman–Crippen LogP) is 2.34. The van der Waals surface area contributed by atoms with Gasteiger partial charge in [-0.3, -0.25) is 9.59 Å². The molecule has 24 heavy (non-hydrogen) atoms. The van der Waals surface area contributed by atoms with Gasteiger partial charge in [-0.25, -0.2) is 0 Å². The SMILES string of the molecule is CC(NC(=O)C1CNC1)c1cccc(NC(=O)c2ccccc2)c1. The van der Waals surface area contributed by atoms with Crippen LogP contribution in [-0.2, 0) is 4.79 Å². The van der Waals surface area contributed by atoms with Gasteiger partial charge in [-0.15, -0.1) is 0 Å². The van der Waals surface area contributed by atoms with Crippen LogP contribution in [-0.4, -0.2) is 24.9 Å². The lowest BCUT2D eigenvalue weighted by Crippen LogP contribution is -2.51. The first-order valence-electron chi connectivity index (χ1n) is 8.11. The van der Waals surface area contributed by atoms with E-state index >= 15 is 0 Å². The van der Waals surface area contributed by atoms with E-state index in [2.05, 4.69) is 16.0 Å². The number of amides is 2. The largest absolute Gasteiger partial charge is 0.349 e. The van der Waals surface area contributed by atoms with Crippen molar-refractivity contribution in [1.29, 1.82) is 0 Å². The third-order valence-electron chi connectivity index (χ3n) is 4.19. The van der Waals surface area contributed by atoms with Crippen LogP contribution in [0.2, 0.25) is 0 Å². The van der Waals surface area contributed by atoms with Crippen LogP contribution in [0.15, 0.2) is 54.6 Å². The normalized spacial score (nSPS) is 15.2. The summed E-state index contributed by atoms with van der Waals surface area (Å²) in [5, 5.41) is 9.00. The maximum absolute atomic E-state index is 12.2. The van der Waals surface area contributed by atoms with Crippen LogP contribution < -0.4 is 16.0 Å². The fourth-order valence-corrected chi connectivity index (χ4v) is 2.57. The summed E-state index contributed by atoms with van der Waals surface area (Å²) in [5.74, 6) is -0.0154. The molecule has 0 bridgehead atoms. The Balaban J connectivity index is 1.65. The first kappa shape index (κ1) is 16.2. The highest BCUT2D eigenvalue weighted by Gasteiger charge is 2.25. The third kappa shape index (κ3) is 3.81. The van der Waals surface area contributed by atoms with Gasteiger partial charge in [0.15, 0.2) is 0 Å². The highest BCUT2D eigenvalue weighted by Crippen LogP contribution is 2.19. The van der Waals surface area contributed by atoms with Crippen LogP contribution in [0.1, 0.15) is 28.9 Å². The molecule has 0 aliphatic carbocycles. The molecule has 2 aromatic rings. The minimum absolute atomic E-state index is 0.0633. The molecule has 5 heteroatoms. The fourth-order valence-electron chi connectivity index (χ4n) is 2.57. The second-order valence-electron chi connectivity index (χ2n) is 6.03. The topological polar surface area (TPSA) is 70.2 Å². The number of carbonyl (C=O) groups excluding carboxylic acids is 2. The van der Waals surface area contributed by atoms with Crippen molar-refractivity contribution >= 4 is 17.5 Å². The van der Waals surface area contributed by atoms with Gasteiger partial charge in [0.25, 0.3) is 5.91 Å². The summed E-state index contributed by atoms with van der Waals surface area (Å²) in [6, 6.07) is 16.5. The summed E-state index contributed by atoms with van der Waals surface area (Å²) >= 11 is 0. The second-order valence-corrected chi connectivity index (χ2v) is 6.03. The van der Waals surface area contributed by atoms with Crippen molar-refractivity contribution in [3.8, 4) is 0 Å². The molecule has 1 saturated heterocycles. The molecule has 0 spiro atoms. The maximum Gasteiger partial charge on any atom is 0.255 e. The summed E-state index contributed by atoms with van der Waals surface area (Å²) in [5.41, 5.74) is 2.29. The Hall–Kier alpha value is -2.66. The molecule has 2 amide bonds. The average Bonchev–Trinajstić information content (AvgIpc) is 2.54. The Morgan fingerprint density at radius 2 is 1.83 bits per heavy atom. The number of anilines is 1. The standard InChI is InChI=1S/C19H21N3O2/c1-13(21-19(24)16-11-20-12-16)15-8-5-9-17(10-15)22-18(23)14-6-3-2-4-7-14/h2-10,13,16,20H,11-12H2,1H3,(H,21,24)(H,22,23). The molecule has 2 aromatic carbocycles. The van der Waals surface area contributed by atoms with Crippen LogP contribution >= 0.6 is 0 Å².